The van der Waals surface area contributed by atoms with Crippen LogP contribution in [0.4, 0.5) is 11.4 Å². The fourth-order valence-electron chi connectivity index (χ4n) is 3.76. The zero-order valence-corrected chi connectivity index (χ0v) is 22.9. The maximum Gasteiger partial charge on any atom is 0.343 e. The van der Waals surface area contributed by atoms with Crippen molar-refractivity contribution in [1.29, 1.82) is 0 Å². The Kier molecular flexibility index (Phi) is 10.1. The van der Waals surface area contributed by atoms with Crippen LogP contribution in [0.3, 0.4) is 0 Å². The Hall–Kier alpha value is -6.10. The molecule has 0 saturated carbocycles. The number of ether oxygens (including phenoxy) is 2. The molecular formula is C32H26N4O7. The molecule has 2 amide bonds. The lowest BCUT2D eigenvalue weighted by molar-refractivity contribution is -0.384. The fraction of sp³-hybridized carbons (Fsp3) is 0.0625. The predicted molar refractivity (Wildman–Crippen MR) is 161 cm³/mol. The van der Waals surface area contributed by atoms with Crippen LogP contribution in [-0.2, 0) is 4.79 Å². The zero-order chi connectivity index (χ0) is 30.6. The molecule has 0 atom stereocenters. The number of nitro groups is 1. The van der Waals surface area contributed by atoms with E-state index in [-0.39, 0.29) is 34.9 Å². The number of carbonyl (C=O) groups excluding carboxylic acids is 3. The first kappa shape index (κ1) is 29.9. The molecule has 43 heavy (non-hydrogen) atoms. The molecule has 4 rings (SSSR count). The smallest absolute Gasteiger partial charge is 0.343 e. The van der Waals surface area contributed by atoms with Crippen molar-refractivity contribution in [2.24, 2.45) is 5.10 Å². The molecule has 4 aromatic carbocycles. The van der Waals surface area contributed by atoms with Gasteiger partial charge in [-0.05, 0) is 66.6 Å². The quantitative estimate of drug-likeness (QED) is 0.0585. The summed E-state index contributed by atoms with van der Waals surface area (Å²) in [7, 11) is 0. The lowest BCUT2D eigenvalue weighted by atomic mass is 10.1. The number of nitro benzene ring substituents is 1. The summed E-state index contributed by atoms with van der Waals surface area (Å²) in [6.07, 6.45) is 4.43. The van der Waals surface area contributed by atoms with E-state index in [1.165, 1.54) is 42.6 Å². The highest BCUT2D eigenvalue weighted by molar-refractivity contribution is 6.07. The van der Waals surface area contributed by atoms with Gasteiger partial charge in [-0.3, -0.25) is 19.7 Å². The predicted octanol–water partition coefficient (Wildman–Crippen LogP) is 5.63. The second-order valence-corrected chi connectivity index (χ2v) is 8.81. The van der Waals surface area contributed by atoms with E-state index in [9.17, 15) is 24.5 Å². The Labute approximate surface area is 246 Å². The third-order valence-electron chi connectivity index (χ3n) is 5.82. The van der Waals surface area contributed by atoms with Crippen molar-refractivity contribution in [3.8, 4) is 11.5 Å². The number of nitrogens with zero attached hydrogens (tertiary/aromatic N) is 2. The van der Waals surface area contributed by atoms with Crippen molar-refractivity contribution in [3.63, 3.8) is 0 Å². The molecule has 0 spiro atoms. The molecule has 0 aliphatic heterocycles. The number of anilines is 1. The van der Waals surface area contributed by atoms with Crippen LogP contribution in [0.15, 0.2) is 108 Å². The number of hydrogen-bond acceptors (Lipinski definition) is 8. The zero-order valence-electron chi connectivity index (χ0n) is 22.9. The van der Waals surface area contributed by atoms with Crippen LogP contribution >= 0.6 is 0 Å². The maximum absolute atomic E-state index is 12.8. The number of hydrogen-bond donors (Lipinski definition) is 2. The molecule has 0 fully saturated rings. The summed E-state index contributed by atoms with van der Waals surface area (Å²) in [6.45, 7) is 2.04. The third-order valence-corrected chi connectivity index (χ3v) is 5.82. The molecule has 0 aliphatic carbocycles. The van der Waals surface area contributed by atoms with Crippen LogP contribution in [0.5, 0.6) is 11.5 Å². The monoisotopic (exact) mass is 578 g/mol. The minimum atomic E-state index is -0.717. The summed E-state index contributed by atoms with van der Waals surface area (Å²) in [5, 5.41) is 17.6. The molecule has 0 aliphatic rings. The summed E-state index contributed by atoms with van der Waals surface area (Å²) >= 11 is 0. The van der Waals surface area contributed by atoms with Gasteiger partial charge in [0.1, 0.15) is 0 Å². The molecule has 11 nitrogen and oxygen atoms in total. The van der Waals surface area contributed by atoms with E-state index in [0.29, 0.717) is 11.3 Å². The Bertz CT molecular complexity index is 1680. The van der Waals surface area contributed by atoms with Gasteiger partial charge in [-0.2, -0.15) is 5.10 Å². The Morgan fingerprint density at radius 3 is 2.33 bits per heavy atom. The third kappa shape index (κ3) is 8.44. The summed E-state index contributed by atoms with van der Waals surface area (Å²) in [5.41, 5.74) is 4.35. The number of nitrogens with one attached hydrogen (secondary N) is 2. The van der Waals surface area contributed by atoms with Crippen molar-refractivity contribution >= 4 is 41.4 Å². The lowest BCUT2D eigenvalue weighted by Crippen LogP contribution is -2.20. The molecular weight excluding hydrogens is 552 g/mol. The summed E-state index contributed by atoms with van der Waals surface area (Å²) in [6, 6.07) is 25.6. The normalized spacial score (nSPS) is 10.8. The minimum absolute atomic E-state index is 0.130. The van der Waals surface area contributed by atoms with Gasteiger partial charge in [-0.25, -0.2) is 10.2 Å². The molecule has 0 heterocycles. The number of amides is 2. The number of rotatable bonds is 11. The number of non-ortho nitro benzene ring substituents is 1. The Morgan fingerprint density at radius 2 is 1.60 bits per heavy atom. The van der Waals surface area contributed by atoms with Crippen molar-refractivity contribution < 1.29 is 28.8 Å². The Balaban J connectivity index is 1.40. The fourth-order valence-corrected chi connectivity index (χ4v) is 3.76. The van der Waals surface area contributed by atoms with E-state index >= 15 is 0 Å². The number of esters is 1. The number of para-hydroxylation sites is 1. The highest BCUT2D eigenvalue weighted by Crippen LogP contribution is 2.29. The van der Waals surface area contributed by atoms with Gasteiger partial charge in [-0.15, -0.1) is 0 Å². The van der Waals surface area contributed by atoms with Gasteiger partial charge in [0.15, 0.2) is 11.5 Å². The highest BCUT2D eigenvalue weighted by atomic mass is 16.6. The maximum atomic E-state index is 12.8. The van der Waals surface area contributed by atoms with Gasteiger partial charge in [0, 0.05) is 18.2 Å². The summed E-state index contributed by atoms with van der Waals surface area (Å²) in [5.74, 6) is -1.27. The molecule has 0 bridgehead atoms. The average Bonchev–Trinajstić information content (AvgIpc) is 3.02. The minimum Gasteiger partial charge on any atom is -0.490 e. The molecule has 4 aromatic rings. The molecule has 0 radical (unpaired) electrons. The first-order valence-corrected chi connectivity index (χ1v) is 13.0. The van der Waals surface area contributed by atoms with Gasteiger partial charge in [0.05, 0.1) is 34.6 Å². The van der Waals surface area contributed by atoms with Crippen LogP contribution in [-0.4, -0.2) is 35.5 Å². The van der Waals surface area contributed by atoms with E-state index in [2.05, 4.69) is 15.8 Å². The van der Waals surface area contributed by atoms with Gasteiger partial charge < -0.3 is 14.8 Å². The Morgan fingerprint density at radius 1 is 0.884 bits per heavy atom. The SMILES string of the molecule is CCOc1cc(/C=N\NC(=O)c2ccccc2NC(=O)/C=C/c2ccccc2)ccc1OC(=O)c1ccc([N+](=O)[O-])cc1. The van der Waals surface area contributed by atoms with Crippen LogP contribution in [0.1, 0.15) is 38.8 Å². The van der Waals surface area contributed by atoms with Crippen molar-refractivity contribution in [2.45, 2.75) is 6.92 Å². The van der Waals surface area contributed by atoms with Gasteiger partial charge in [0.25, 0.3) is 11.6 Å². The first-order chi connectivity index (χ1) is 20.8. The number of benzene rings is 4. The van der Waals surface area contributed by atoms with E-state index in [4.69, 9.17) is 9.47 Å². The molecule has 2 N–H and O–H groups in total. The van der Waals surface area contributed by atoms with Crippen LogP contribution in [0.25, 0.3) is 6.08 Å². The van der Waals surface area contributed by atoms with E-state index in [1.807, 2.05) is 30.3 Å². The summed E-state index contributed by atoms with van der Waals surface area (Å²) in [4.78, 5) is 48.1. The molecule has 216 valence electrons. The second kappa shape index (κ2) is 14.5. The number of hydrazone groups is 1. The molecule has 0 unspecified atom stereocenters. The first-order valence-electron chi connectivity index (χ1n) is 13.0. The average molecular weight is 579 g/mol. The van der Waals surface area contributed by atoms with Crippen LogP contribution < -0.4 is 20.2 Å². The summed E-state index contributed by atoms with van der Waals surface area (Å²) < 4.78 is 11.0. The molecule has 0 aromatic heterocycles. The van der Waals surface area contributed by atoms with Gasteiger partial charge in [-0.1, -0.05) is 42.5 Å². The van der Waals surface area contributed by atoms with Crippen LogP contribution in [0, 0.1) is 10.1 Å². The van der Waals surface area contributed by atoms with Crippen molar-refractivity contribution in [3.05, 3.63) is 136 Å². The standard InChI is InChI=1S/C32H26N4O7/c1-2-42-29-20-23(12-18-28(29)43-32(39)24-14-16-25(17-15-24)36(40)41)21-33-35-31(38)26-10-6-7-11-27(26)34-30(37)19-13-22-8-4-3-5-9-22/h3-21H,2H2,1H3,(H,34,37)(H,35,38)/b19-13+,33-21-. The molecule has 0 saturated heterocycles. The van der Waals surface area contributed by atoms with E-state index in [1.54, 1.807) is 49.4 Å². The second-order valence-electron chi connectivity index (χ2n) is 8.81. The number of carbonyl (C=O) groups is 3. The highest BCUT2D eigenvalue weighted by Gasteiger charge is 2.15. The largest absolute Gasteiger partial charge is 0.490 e. The van der Waals surface area contributed by atoms with Gasteiger partial charge in [0.2, 0.25) is 5.91 Å². The molecule has 11 heteroatoms. The lowest BCUT2D eigenvalue weighted by Gasteiger charge is -2.11. The van der Waals surface area contributed by atoms with Crippen LogP contribution in [0.2, 0.25) is 0 Å². The van der Waals surface area contributed by atoms with Crippen molar-refractivity contribution in [1.82, 2.24) is 5.43 Å². The van der Waals surface area contributed by atoms with Crippen molar-refractivity contribution in [2.75, 3.05) is 11.9 Å². The topological polar surface area (TPSA) is 149 Å². The van der Waals surface area contributed by atoms with E-state index < -0.39 is 22.7 Å². The van der Waals surface area contributed by atoms with E-state index in [0.717, 1.165) is 5.56 Å². The van der Waals surface area contributed by atoms with Gasteiger partial charge >= 0.3 is 5.97 Å².